The minimum atomic E-state index is -4.47. The van der Waals surface area contributed by atoms with Crippen LogP contribution in [0.2, 0.25) is 0 Å². The second-order valence-electron chi connectivity index (χ2n) is 8.36. The number of rotatable bonds is 4. The highest BCUT2D eigenvalue weighted by Gasteiger charge is 2.35. The van der Waals surface area contributed by atoms with E-state index in [2.05, 4.69) is 15.6 Å². The summed E-state index contributed by atoms with van der Waals surface area (Å²) in [5.41, 5.74) is 1.59. The number of hydrogen-bond donors (Lipinski definition) is 2. The molecule has 1 aromatic carbocycles. The number of nitrogens with zero attached hydrogens (tertiary/aromatic N) is 1. The number of fused-ring (bicyclic) bond motifs is 1. The van der Waals surface area contributed by atoms with Crippen molar-refractivity contribution in [1.82, 2.24) is 10.3 Å². The van der Waals surface area contributed by atoms with Gasteiger partial charge < -0.3 is 10.6 Å². The van der Waals surface area contributed by atoms with E-state index in [0.717, 1.165) is 56.6 Å². The van der Waals surface area contributed by atoms with Crippen LogP contribution in [0, 0.1) is 5.82 Å². The number of nitrogens with one attached hydrogen (secondary N) is 2. The summed E-state index contributed by atoms with van der Waals surface area (Å²) in [7, 11) is 0. The van der Waals surface area contributed by atoms with Crippen LogP contribution in [0.25, 0.3) is 0 Å². The van der Waals surface area contributed by atoms with Crippen LogP contribution in [0.1, 0.15) is 65.8 Å². The minimum absolute atomic E-state index is 0.00676. The number of benzene rings is 1. The number of anilines is 1. The quantitative estimate of drug-likeness (QED) is 0.644. The van der Waals surface area contributed by atoms with Gasteiger partial charge in [-0.2, -0.15) is 13.2 Å². The second kappa shape index (κ2) is 8.85. The predicted octanol–water partition coefficient (Wildman–Crippen LogP) is 5.27. The molecule has 31 heavy (non-hydrogen) atoms. The maximum absolute atomic E-state index is 13.3. The molecule has 1 aromatic heterocycles. The second-order valence-corrected chi connectivity index (χ2v) is 8.36. The number of hydrogen-bond acceptors (Lipinski definition) is 3. The Kier molecular flexibility index (Phi) is 6.16. The molecule has 2 aromatic rings. The van der Waals surface area contributed by atoms with Gasteiger partial charge in [0, 0.05) is 29.0 Å². The smallest absolute Gasteiger partial charge is 0.382 e. The zero-order valence-corrected chi connectivity index (χ0v) is 17.1. The van der Waals surface area contributed by atoms with Crippen LogP contribution in [0.3, 0.4) is 0 Å². The Balaban J connectivity index is 1.38. The van der Waals surface area contributed by atoms with Crippen LogP contribution < -0.4 is 10.6 Å². The van der Waals surface area contributed by atoms with Crippen molar-refractivity contribution in [2.45, 2.75) is 69.6 Å². The molecule has 0 spiro atoms. The van der Waals surface area contributed by atoms with E-state index in [1.54, 1.807) is 0 Å². The molecule has 0 atom stereocenters. The number of aromatic nitrogens is 1. The lowest BCUT2D eigenvalue weighted by molar-refractivity contribution is -0.141. The van der Waals surface area contributed by atoms with Crippen molar-refractivity contribution in [3.8, 4) is 0 Å². The summed E-state index contributed by atoms with van der Waals surface area (Å²) in [4.78, 5) is 16.2. The monoisotopic (exact) mass is 435 g/mol. The molecule has 2 aliphatic carbocycles. The first-order valence-corrected chi connectivity index (χ1v) is 10.7. The zero-order chi connectivity index (χ0) is 22.0. The van der Waals surface area contributed by atoms with E-state index in [0.29, 0.717) is 23.4 Å². The molecule has 1 fully saturated rings. The molecular weight excluding hydrogens is 410 g/mol. The number of halogens is 4. The van der Waals surface area contributed by atoms with Crippen molar-refractivity contribution in [2.24, 2.45) is 0 Å². The minimum Gasteiger partial charge on any atom is -0.382 e. The molecule has 0 radical (unpaired) electrons. The fourth-order valence-corrected chi connectivity index (χ4v) is 4.45. The normalized spacial score (nSPS) is 21.3. The van der Waals surface area contributed by atoms with Crippen molar-refractivity contribution >= 4 is 11.6 Å². The van der Waals surface area contributed by atoms with Gasteiger partial charge in [0.2, 0.25) is 0 Å². The highest BCUT2D eigenvalue weighted by atomic mass is 19.4. The van der Waals surface area contributed by atoms with Gasteiger partial charge in [-0.25, -0.2) is 9.37 Å². The number of alkyl halides is 3. The van der Waals surface area contributed by atoms with E-state index in [4.69, 9.17) is 0 Å². The lowest BCUT2D eigenvalue weighted by Gasteiger charge is -2.32. The summed E-state index contributed by atoms with van der Waals surface area (Å²) in [6.07, 6.45) is 1.61. The Morgan fingerprint density at radius 3 is 2.29 bits per heavy atom. The van der Waals surface area contributed by atoms with Gasteiger partial charge in [-0.1, -0.05) is 0 Å². The maximum atomic E-state index is 13.3. The SMILES string of the molecule is O=C(N[C@H]1CC[C@@H](Nc2cc(C(F)(F)F)nc3c2CCCC3)CC1)c1ccc(F)cc1. The number of pyridine rings is 1. The van der Waals surface area contributed by atoms with Crippen LogP contribution in [0.5, 0.6) is 0 Å². The largest absolute Gasteiger partial charge is 0.433 e. The van der Waals surface area contributed by atoms with Crippen LogP contribution in [0.4, 0.5) is 23.2 Å². The van der Waals surface area contributed by atoms with Crippen LogP contribution in [-0.4, -0.2) is 23.0 Å². The topological polar surface area (TPSA) is 54.0 Å². The highest BCUT2D eigenvalue weighted by Crippen LogP contribution is 2.35. The molecule has 4 nitrogen and oxygen atoms in total. The summed E-state index contributed by atoms with van der Waals surface area (Å²) >= 11 is 0. The molecule has 0 aliphatic heterocycles. The first-order chi connectivity index (χ1) is 14.8. The molecule has 2 N–H and O–H groups in total. The van der Waals surface area contributed by atoms with Crippen LogP contribution >= 0.6 is 0 Å². The van der Waals surface area contributed by atoms with Crippen LogP contribution in [0.15, 0.2) is 30.3 Å². The van der Waals surface area contributed by atoms with Crippen molar-refractivity contribution in [1.29, 1.82) is 0 Å². The summed E-state index contributed by atoms with van der Waals surface area (Å²) < 4.78 is 52.9. The van der Waals surface area contributed by atoms with Gasteiger partial charge in [0.15, 0.2) is 0 Å². The van der Waals surface area contributed by atoms with E-state index >= 15 is 0 Å². The Morgan fingerprint density at radius 2 is 1.61 bits per heavy atom. The van der Waals surface area contributed by atoms with E-state index in [1.807, 2.05) is 0 Å². The lowest BCUT2D eigenvalue weighted by atomic mass is 9.89. The molecule has 1 amide bonds. The Bertz CT molecular complexity index is 935. The summed E-state index contributed by atoms with van der Waals surface area (Å²) in [5, 5.41) is 6.31. The predicted molar refractivity (Wildman–Crippen MR) is 109 cm³/mol. The number of aryl methyl sites for hydroxylation is 1. The van der Waals surface area contributed by atoms with Gasteiger partial charge in [-0.3, -0.25) is 4.79 Å². The number of carbonyl (C=O) groups excluding carboxylic acids is 1. The van der Waals surface area contributed by atoms with Crippen molar-refractivity contribution in [3.05, 3.63) is 58.7 Å². The van der Waals surface area contributed by atoms with Gasteiger partial charge >= 0.3 is 6.18 Å². The molecule has 166 valence electrons. The lowest BCUT2D eigenvalue weighted by Crippen LogP contribution is -2.40. The Morgan fingerprint density at radius 1 is 0.968 bits per heavy atom. The third kappa shape index (κ3) is 5.17. The van der Waals surface area contributed by atoms with E-state index in [1.165, 1.54) is 24.3 Å². The number of amides is 1. The molecule has 0 bridgehead atoms. The summed E-state index contributed by atoms with van der Waals surface area (Å²) in [5.74, 6) is -0.635. The van der Waals surface area contributed by atoms with E-state index in [9.17, 15) is 22.4 Å². The molecule has 8 heteroatoms. The van der Waals surface area contributed by atoms with Gasteiger partial charge in [-0.05, 0) is 87.3 Å². The van der Waals surface area contributed by atoms with Gasteiger partial charge in [0.05, 0.1) is 0 Å². The Labute approximate surface area is 178 Å². The first-order valence-electron chi connectivity index (χ1n) is 10.7. The summed E-state index contributed by atoms with van der Waals surface area (Å²) in [6, 6.07) is 6.58. The standard InChI is InChI=1S/C23H25F4N3O/c24-15-7-5-14(6-8-15)22(31)29-17-11-9-16(10-12-17)28-20-13-21(23(25,26)27)30-19-4-2-1-3-18(19)20/h5-8,13,16-17H,1-4,9-12H2,(H,28,30)(H,29,31)/t16-,17+. The molecule has 4 rings (SSSR count). The molecule has 0 unspecified atom stereocenters. The number of carbonyl (C=O) groups is 1. The molecule has 0 saturated heterocycles. The van der Waals surface area contributed by atoms with E-state index < -0.39 is 17.7 Å². The summed E-state index contributed by atoms with van der Waals surface area (Å²) in [6.45, 7) is 0. The first kappa shape index (κ1) is 21.6. The molecule has 2 aliphatic rings. The zero-order valence-electron chi connectivity index (χ0n) is 17.1. The maximum Gasteiger partial charge on any atom is 0.433 e. The molecular formula is C23H25F4N3O. The van der Waals surface area contributed by atoms with Crippen molar-refractivity contribution in [2.75, 3.05) is 5.32 Å². The Hall–Kier alpha value is -2.64. The fourth-order valence-electron chi connectivity index (χ4n) is 4.45. The van der Waals surface area contributed by atoms with Crippen molar-refractivity contribution in [3.63, 3.8) is 0 Å². The third-order valence-corrected chi connectivity index (χ3v) is 6.12. The molecule has 1 heterocycles. The highest BCUT2D eigenvalue weighted by molar-refractivity contribution is 5.94. The average Bonchev–Trinajstić information content (AvgIpc) is 2.75. The van der Waals surface area contributed by atoms with Gasteiger partial charge in [0.1, 0.15) is 11.5 Å². The fraction of sp³-hybridized carbons (Fsp3) is 0.478. The van der Waals surface area contributed by atoms with E-state index in [-0.39, 0.29) is 18.0 Å². The van der Waals surface area contributed by atoms with Gasteiger partial charge in [-0.15, -0.1) is 0 Å². The van der Waals surface area contributed by atoms with Crippen molar-refractivity contribution < 1.29 is 22.4 Å². The third-order valence-electron chi connectivity index (χ3n) is 6.12. The average molecular weight is 435 g/mol. The van der Waals surface area contributed by atoms with Crippen LogP contribution in [-0.2, 0) is 19.0 Å². The van der Waals surface area contributed by atoms with Gasteiger partial charge in [0.25, 0.3) is 5.91 Å². The molecule has 1 saturated carbocycles.